The maximum absolute atomic E-state index is 5.98. The maximum Gasteiger partial charge on any atom is 0.0772 e. The van der Waals surface area contributed by atoms with E-state index in [-0.39, 0.29) is 11.6 Å². The van der Waals surface area contributed by atoms with E-state index in [1.54, 1.807) is 6.20 Å². The lowest BCUT2D eigenvalue weighted by Gasteiger charge is -2.48. The number of hydrogen-bond donors (Lipinski definition) is 2. The Bertz CT molecular complexity index is 430. The second-order valence-corrected chi connectivity index (χ2v) is 5.86. The first-order valence-corrected chi connectivity index (χ1v) is 7.11. The van der Waals surface area contributed by atoms with Gasteiger partial charge in [-0.05, 0) is 44.9 Å². The third kappa shape index (κ3) is 2.50. The summed E-state index contributed by atoms with van der Waals surface area (Å²) in [6, 6.07) is 0.0782. The number of hydrazine groups is 1. The zero-order valence-electron chi connectivity index (χ0n) is 11.4. The number of ether oxygens (including phenoxy) is 1. The van der Waals surface area contributed by atoms with Crippen molar-refractivity contribution in [3.05, 3.63) is 23.8 Å². The van der Waals surface area contributed by atoms with Crippen LogP contribution in [0.25, 0.3) is 0 Å². The van der Waals surface area contributed by atoms with Gasteiger partial charge in [-0.15, -0.1) is 0 Å². The van der Waals surface area contributed by atoms with Crippen LogP contribution in [0.1, 0.15) is 49.5 Å². The van der Waals surface area contributed by atoms with Gasteiger partial charge in [0.2, 0.25) is 0 Å². The zero-order chi connectivity index (χ0) is 13.3. The lowest BCUT2D eigenvalue weighted by molar-refractivity contribution is -0.147. The highest BCUT2D eigenvalue weighted by atomic mass is 16.5. The van der Waals surface area contributed by atoms with Crippen LogP contribution in [0.4, 0.5) is 0 Å². The van der Waals surface area contributed by atoms with Crippen LogP contribution in [0, 0.1) is 12.8 Å². The Balaban J connectivity index is 1.76. The first-order chi connectivity index (χ1) is 9.22. The van der Waals surface area contributed by atoms with E-state index in [9.17, 15) is 0 Å². The fourth-order valence-electron chi connectivity index (χ4n) is 3.30. The van der Waals surface area contributed by atoms with Gasteiger partial charge < -0.3 is 4.74 Å². The van der Waals surface area contributed by atoms with E-state index < -0.39 is 0 Å². The van der Waals surface area contributed by atoms with Crippen LogP contribution in [0.2, 0.25) is 0 Å². The van der Waals surface area contributed by atoms with Crippen molar-refractivity contribution >= 4 is 0 Å². The molecule has 2 atom stereocenters. The van der Waals surface area contributed by atoms with Crippen molar-refractivity contribution in [3.63, 3.8) is 0 Å². The van der Waals surface area contributed by atoms with Crippen LogP contribution in [0.3, 0.4) is 0 Å². The van der Waals surface area contributed by atoms with Crippen molar-refractivity contribution in [1.29, 1.82) is 0 Å². The van der Waals surface area contributed by atoms with E-state index in [1.165, 1.54) is 19.3 Å². The highest BCUT2D eigenvalue weighted by molar-refractivity contribution is 5.09. The number of nitrogens with two attached hydrogens (primary N) is 1. The number of rotatable bonds is 3. The predicted molar refractivity (Wildman–Crippen MR) is 72.1 cm³/mol. The molecule has 1 aromatic rings. The monoisotopic (exact) mass is 262 g/mol. The Morgan fingerprint density at radius 2 is 2.26 bits per heavy atom. The summed E-state index contributed by atoms with van der Waals surface area (Å²) < 4.78 is 5.98. The summed E-state index contributed by atoms with van der Waals surface area (Å²) in [5, 5.41) is 0. The molecule has 0 radical (unpaired) electrons. The summed E-state index contributed by atoms with van der Waals surface area (Å²) in [5.74, 6) is 6.25. The first kappa shape index (κ1) is 13.0. The lowest BCUT2D eigenvalue weighted by Crippen LogP contribution is -2.48. The lowest BCUT2D eigenvalue weighted by atomic mass is 9.70. The highest BCUT2D eigenvalue weighted by Crippen LogP contribution is 2.46. The number of aromatic nitrogens is 2. The van der Waals surface area contributed by atoms with E-state index in [0.717, 1.165) is 30.8 Å². The summed E-state index contributed by atoms with van der Waals surface area (Å²) in [6.07, 6.45) is 9.43. The molecule has 1 aliphatic heterocycles. The molecule has 5 nitrogen and oxygen atoms in total. The summed E-state index contributed by atoms with van der Waals surface area (Å²) in [4.78, 5) is 8.79. The molecule has 3 N–H and O–H groups in total. The fraction of sp³-hybridized carbons (Fsp3) is 0.714. The maximum atomic E-state index is 5.98. The van der Waals surface area contributed by atoms with Crippen molar-refractivity contribution in [3.8, 4) is 0 Å². The minimum atomic E-state index is 0.0782. The number of aryl methyl sites for hydroxylation is 1. The third-order valence-corrected chi connectivity index (χ3v) is 4.57. The molecule has 1 saturated heterocycles. The van der Waals surface area contributed by atoms with Crippen LogP contribution in [0.5, 0.6) is 0 Å². The van der Waals surface area contributed by atoms with Crippen LogP contribution in [0.15, 0.2) is 12.4 Å². The van der Waals surface area contributed by atoms with Gasteiger partial charge in [-0.2, -0.15) is 0 Å². The quantitative estimate of drug-likeness (QED) is 0.640. The first-order valence-electron chi connectivity index (χ1n) is 7.11. The summed E-state index contributed by atoms with van der Waals surface area (Å²) in [6.45, 7) is 2.78. The smallest absolute Gasteiger partial charge is 0.0772 e. The Kier molecular flexibility index (Phi) is 3.52. The molecule has 5 heteroatoms. The normalized spacial score (nSPS) is 26.9. The van der Waals surface area contributed by atoms with Gasteiger partial charge >= 0.3 is 0 Å². The summed E-state index contributed by atoms with van der Waals surface area (Å²) in [5.41, 5.74) is 4.94. The van der Waals surface area contributed by atoms with Gasteiger partial charge in [0.1, 0.15) is 0 Å². The summed E-state index contributed by atoms with van der Waals surface area (Å²) in [7, 11) is 0. The van der Waals surface area contributed by atoms with Gasteiger partial charge in [0.05, 0.1) is 29.2 Å². The molecule has 2 aliphatic rings. The SMILES string of the molecule is Cc1cnc(C(NN)C2CCOC3(CCC3)C2)cn1. The van der Waals surface area contributed by atoms with Gasteiger partial charge in [0.25, 0.3) is 0 Å². The van der Waals surface area contributed by atoms with Gasteiger partial charge in [-0.3, -0.25) is 21.2 Å². The van der Waals surface area contributed by atoms with Gasteiger partial charge in [-0.1, -0.05) is 0 Å². The third-order valence-electron chi connectivity index (χ3n) is 4.57. The van der Waals surface area contributed by atoms with E-state index in [1.807, 2.05) is 13.1 Å². The van der Waals surface area contributed by atoms with Crippen LogP contribution >= 0.6 is 0 Å². The molecule has 2 fully saturated rings. The van der Waals surface area contributed by atoms with Crippen LogP contribution < -0.4 is 11.3 Å². The number of nitrogens with one attached hydrogen (secondary N) is 1. The molecule has 0 amide bonds. The molecule has 1 aromatic heterocycles. The van der Waals surface area contributed by atoms with Crippen molar-refractivity contribution in [2.75, 3.05) is 6.61 Å². The predicted octanol–water partition coefficient (Wildman–Crippen LogP) is 1.64. The molecule has 2 unspecified atom stereocenters. The molecule has 104 valence electrons. The fourth-order valence-corrected chi connectivity index (χ4v) is 3.30. The standard InChI is InChI=1S/C14H22N4O/c1-10-8-17-12(9-16-10)13(18-15)11-3-6-19-14(7-11)4-2-5-14/h8-9,11,13,18H,2-7,15H2,1H3. The molecule has 0 bridgehead atoms. The zero-order valence-corrected chi connectivity index (χ0v) is 11.4. The van der Waals surface area contributed by atoms with Gasteiger partial charge in [0.15, 0.2) is 0 Å². The number of hydrogen-bond acceptors (Lipinski definition) is 5. The molecule has 1 spiro atoms. The number of nitrogens with zero attached hydrogens (tertiary/aromatic N) is 2. The molecule has 2 heterocycles. The Morgan fingerprint density at radius 3 is 2.84 bits per heavy atom. The average Bonchev–Trinajstić information content (AvgIpc) is 2.40. The van der Waals surface area contributed by atoms with E-state index in [4.69, 9.17) is 10.6 Å². The molecule has 1 aliphatic carbocycles. The molecule has 19 heavy (non-hydrogen) atoms. The van der Waals surface area contributed by atoms with Crippen molar-refractivity contribution in [1.82, 2.24) is 15.4 Å². The molecule has 1 saturated carbocycles. The topological polar surface area (TPSA) is 73.1 Å². The van der Waals surface area contributed by atoms with Gasteiger partial charge in [0, 0.05) is 12.8 Å². The molecule has 3 rings (SSSR count). The van der Waals surface area contributed by atoms with Gasteiger partial charge in [-0.25, -0.2) is 0 Å². The minimum Gasteiger partial charge on any atom is -0.375 e. The highest BCUT2D eigenvalue weighted by Gasteiger charge is 2.44. The van der Waals surface area contributed by atoms with Crippen LogP contribution in [-0.2, 0) is 4.74 Å². The second kappa shape index (κ2) is 5.15. The largest absolute Gasteiger partial charge is 0.375 e. The minimum absolute atomic E-state index is 0.0782. The molecule has 0 aromatic carbocycles. The van der Waals surface area contributed by atoms with E-state index in [2.05, 4.69) is 15.4 Å². The van der Waals surface area contributed by atoms with E-state index >= 15 is 0 Å². The van der Waals surface area contributed by atoms with E-state index in [0.29, 0.717) is 5.92 Å². The van der Waals surface area contributed by atoms with Crippen molar-refractivity contribution in [2.45, 2.75) is 50.7 Å². The van der Waals surface area contributed by atoms with Crippen molar-refractivity contribution < 1.29 is 4.74 Å². The Labute approximate surface area is 113 Å². The van der Waals surface area contributed by atoms with Crippen LogP contribution in [-0.4, -0.2) is 22.2 Å². The van der Waals surface area contributed by atoms with Crippen molar-refractivity contribution in [2.24, 2.45) is 11.8 Å². The Morgan fingerprint density at radius 1 is 1.42 bits per heavy atom. The molecular formula is C14H22N4O. The second-order valence-electron chi connectivity index (χ2n) is 5.86. The molecular weight excluding hydrogens is 240 g/mol. The summed E-state index contributed by atoms with van der Waals surface area (Å²) >= 11 is 0. The average molecular weight is 262 g/mol. The Hall–Kier alpha value is -1.04.